The van der Waals surface area contributed by atoms with Crippen LogP contribution in [0.15, 0.2) is 66.1 Å². The number of amides is 1. The first-order valence-corrected chi connectivity index (χ1v) is 14.3. The molecule has 0 aliphatic carbocycles. The summed E-state index contributed by atoms with van der Waals surface area (Å²) in [6.07, 6.45) is 7.86. The molecule has 0 saturated heterocycles. The van der Waals surface area contributed by atoms with Crippen molar-refractivity contribution in [3.63, 3.8) is 0 Å². The van der Waals surface area contributed by atoms with Gasteiger partial charge in [0.25, 0.3) is 5.91 Å². The fourth-order valence-electron chi connectivity index (χ4n) is 3.69. The maximum Gasteiger partial charge on any atom is 0.326 e. The molecule has 192 valence electrons. The molecule has 0 aliphatic rings. The van der Waals surface area contributed by atoms with Crippen LogP contribution in [0.2, 0.25) is 0 Å². The number of carbonyl (C=O) groups is 2. The first-order chi connectivity index (χ1) is 17.2. The molecular formula is C25H30N4O5S2. The molecule has 1 heterocycles. The van der Waals surface area contributed by atoms with E-state index in [1.165, 1.54) is 30.0 Å². The number of hydrogen-bond donors (Lipinski definition) is 3. The number of aromatic nitrogens is 2. The lowest BCUT2D eigenvalue weighted by Gasteiger charge is -2.18. The number of aryl methyl sites for hydroxylation is 2. The van der Waals surface area contributed by atoms with Crippen molar-refractivity contribution in [1.82, 2.24) is 19.6 Å². The number of rotatable bonds is 13. The Kier molecular flexibility index (Phi) is 9.68. The van der Waals surface area contributed by atoms with Gasteiger partial charge in [-0.1, -0.05) is 24.3 Å². The Morgan fingerprint density at radius 2 is 1.94 bits per heavy atom. The summed E-state index contributed by atoms with van der Waals surface area (Å²) in [5.41, 5.74) is 2.17. The van der Waals surface area contributed by atoms with Crippen molar-refractivity contribution in [2.45, 2.75) is 37.2 Å². The number of thioether (sulfide) groups is 1. The van der Waals surface area contributed by atoms with E-state index in [2.05, 4.69) is 15.0 Å². The molecule has 3 N–H and O–H groups in total. The summed E-state index contributed by atoms with van der Waals surface area (Å²) in [5, 5.41) is 12.1. The number of nitrogens with zero attached hydrogens (tertiary/aromatic N) is 2. The second-order valence-corrected chi connectivity index (χ2v) is 11.0. The summed E-state index contributed by atoms with van der Waals surface area (Å²) in [6.45, 7) is 2.72. The van der Waals surface area contributed by atoms with Crippen LogP contribution in [0.4, 0.5) is 0 Å². The monoisotopic (exact) mass is 530 g/mol. The second kappa shape index (κ2) is 12.7. The number of hydrogen-bond acceptors (Lipinski definition) is 6. The van der Waals surface area contributed by atoms with Crippen LogP contribution < -0.4 is 10.0 Å². The van der Waals surface area contributed by atoms with E-state index in [0.717, 1.165) is 5.56 Å². The average Bonchev–Trinajstić information content (AvgIpc) is 3.38. The average molecular weight is 531 g/mol. The van der Waals surface area contributed by atoms with Crippen LogP contribution in [0.3, 0.4) is 0 Å². The molecule has 0 aliphatic heterocycles. The Morgan fingerprint density at radius 3 is 2.61 bits per heavy atom. The molecule has 3 aromatic rings. The molecule has 0 bridgehead atoms. The summed E-state index contributed by atoms with van der Waals surface area (Å²) < 4.78 is 30.5. The molecule has 9 nitrogen and oxygen atoms in total. The van der Waals surface area contributed by atoms with Crippen molar-refractivity contribution in [1.29, 1.82) is 0 Å². The third-order valence-electron chi connectivity index (χ3n) is 5.64. The minimum Gasteiger partial charge on any atom is -0.480 e. The fraction of sp³-hybridized carbons (Fsp3) is 0.320. The molecule has 2 aromatic carbocycles. The summed E-state index contributed by atoms with van der Waals surface area (Å²) in [4.78, 5) is 28.8. The van der Waals surface area contributed by atoms with Crippen LogP contribution in [-0.4, -0.2) is 59.5 Å². The third kappa shape index (κ3) is 7.19. The van der Waals surface area contributed by atoms with E-state index in [4.69, 9.17) is 0 Å². The summed E-state index contributed by atoms with van der Waals surface area (Å²) in [7, 11) is -3.84. The molecule has 0 unspecified atom stereocenters. The normalized spacial score (nSPS) is 12.3. The Hall–Kier alpha value is -3.15. The van der Waals surface area contributed by atoms with Gasteiger partial charge in [-0.25, -0.2) is 22.9 Å². The maximum absolute atomic E-state index is 13.2. The highest BCUT2D eigenvalue weighted by Gasteiger charge is 2.24. The van der Waals surface area contributed by atoms with E-state index >= 15 is 0 Å². The van der Waals surface area contributed by atoms with Gasteiger partial charge in [-0.05, 0) is 66.7 Å². The summed E-state index contributed by atoms with van der Waals surface area (Å²) >= 11 is 1.49. The van der Waals surface area contributed by atoms with Crippen LogP contribution in [0, 0.1) is 6.92 Å². The number of nitrogens with one attached hydrogen (secondary N) is 2. The lowest BCUT2D eigenvalue weighted by Crippen LogP contribution is -2.41. The van der Waals surface area contributed by atoms with Gasteiger partial charge in [-0.15, -0.1) is 0 Å². The Morgan fingerprint density at radius 1 is 1.17 bits per heavy atom. The molecular weight excluding hydrogens is 500 g/mol. The largest absolute Gasteiger partial charge is 0.480 e. The first kappa shape index (κ1) is 27.4. The minimum atomic E-state index is -3.84. The Bertz CT molecular complexity index is 1290. The number of sulfonamides is 1. The van der Waals surface area contributed by atoms with E-state index in [0.29, 0.717) is 29.8 Å². The van der Waals surface area contributed by atoms with E-state index in [9.17, 15) is 23.1 Å². The fourth-order valence-corrected chi connectivity index (χ4v) is 5.26. The smallest absolute Gasteiger partial charge is 0.326 e. The first-order valence-electron chi connectivity index (χ1n) is 11.4. The minimum absolute atomic E-state index is 0.0251. The van der Waals surface area contributed by atoms with Crippen molar-refractivity contribution >= 4 is 33.7 Å². The van der Waals surface area contributed by atoms with Gasteiger partial charge >= 0.3 is 5.97 Å². The van der Waals surface area contributed by atoms with E-state index in [-0.39, 0.29) is 23.4 Å². The quantitative estimate of drug-likeness (QED) is 0.289. The molecule has 36 heavy (non-hydrogen) atoms. The van der Waals surface area contributed by atoms with Crippen molar-refractivity contribution in [2.24, 2.45) is 0 Å². The van der Waals surface area contributed by atoms with Gasteiger partial charge in [0.15, 0.2) is 0 Å². The molecule has 0 fully saturated rings. The summed E-state index contributed by atoms with van der Waals surface area (Å²) in [6, 6.07) is 10.5. The Balaban J connectivity index is 1.88. The van der Waals surface area contributed by atoms with E-state index in [1.807, 2.05) is 36.1 Å². The highest BCUT2D eigenvalue weighted by molar-refractivity contribution is 7.98. The standard InChI is InChI=1S/C25H30N4O5S2/c1-18-6-3-4-7-20(18)22-16-19(36(33,34)27-11-5-13-29-14-12-26-17-29)8-9-21(22)24(30)28-23(25(31)32)10-15-35-2/h3-4,6-9,12,14,16-17,23,27H,5,10-11,13,15H2,1-2H3,(H,28,30)(H,31,32)/t23-/m0/s1. The van der Waals surface area contributed by atoms with Crippen LogP contribution in [-0.2, 0) is 21.4 Å². The molecule has 0 saturated carbocycles. The van der Waals surface area contributed by atoms with Gasteiger partial charge in [-0.3, -0.25) is 4.79 Å². The number of benzene rings is 2. The highest BCUT2D eigenvalue weighted by atomic mass is 32.2. The molecule has 1 amide bonds. The SMILES string of the molecule is CSCC[C@H](NC(=O)c1ccc(S(=O)(=O)NCCCn2ccnc2)cc1-c1ccccc1C)C(=O)O. The van der Waals surface area contributed by atoms with E-state index < -0.39 is 27.9 Å². The molecule has 11 heteroatoms. The van der Waals surface area contributed by atoms with Crippen molar-refractivity contribution in [3.8, 4) is 11.1 Å². The maximum atomic E-state index is 13.2. The van der Waals surface area contributed by atoms with Crippen LogP contribution >= 0.6 is 11.8 Å². The highest BCUT2D eigenvalue weighted by Crippen LogP contribution is 2.29. The number of carbonyl (C=O) groups excluding carboxylic acids is 1. The topological polar surface area (TPSA) is 130 Å². The van der Waals surface area contributed by atoms with Gasteiger partial charge in [0.1, 0.15) is 6.04 Å². The van der Waals surface area contributed by atoms with Gasteiger partial charge in [0.2, 0.25) is 10.0 Å². The van der Waals surface area contributed by atoms with Crippen LogP contribution in [0.25, 0.3) is 11.1 Å². The van der Waals surface area contributed by atoms with Gasteiger partial charge in [-0.2, -0.15) is 11.8 Å². The lowest BCUT2D eigenvalue weighted by molar-refractivity contribution is -0.139. The van der Waals surface area contributed by atoms with Crippen molar-refractivity contribution in [2.75, 3.05) is 18.6 Å². The molecule has 0 spiro atoms. The third-order valence-corrected chi connectivity index (χ3v) is 7.74. The molecule has 3 rings (SSSR count). The van der Waals surface area contributed by atoms with E-state index in [1.54, 1.807) is 24.7 Å². The Labute approximate surface area is 215 Å². The van der Waals surface area contributed by atoms with Gasteiger partial charge in [0, 0.05) is 31.0 Å². The number of imidazole rings is 1. The van der Waals surface area contributed by atoms with Crippen molar-refractivity contribution < 1.29 is 23.1 Å². The lowest BCUT2D eigenvalue weighted by atomic mass is 9.95. The summed E-state index contributed by atoms with van der Waals surface area (Å²) in [5.74, 6) is -1.11. The second-order valence-electron chi connectivity index (χ2n) is 8.22. The van der Waals surface area contributed by atoms with Gasteiger partial charge in [0.05, 0.1) is 11.2 Å². The zero-order valence-electron chi connectivity index (χ0n) is 20.2. The van der Waals surface area contributed by atoms with Crippen LogP contribution in [0.5, 0.6) is 0 Å². The predicted octanol–water partition coefficient (Wildman–Crippen LogP) is 3.16. The number of carboxylic acid groups (broad SMARTS) is 1. The van der Waals surface area contributed by atoms with Crippen molar-refractivity contribution in [3.05, 3.63) is 72.3 Å². The predicted molar refractivity (Wildman–Crippen MR) is 141 cm³/mol. The number of aliphatic carboxylic acids is 1. The molecule has 0 radical (unpaired) electrons. The zero-order valence-corrected chi connectivity index (χ0v) is 21.8. The zero-order chi connectivity index (χ0) is 26.1. The van der Waals surface area contributed by atoms with Gasteiger partial charge < -0.3 is 15.0 Å². The van der Waals surface area contributed by atoms with Crippen LogP contribution in [0.1, 0.15) is 28.8 Å². The molecule has 1 atom stereocenters. The molecule has 1 aromatic heterocycles. The number of carboxylic acids is 1.